The summed E-state index contributed by atoms with van der Waals surface area (Å²) in [6.07, 6.45) is -23.1. The summed E-state index contributed by atoms with van der Waals surface area (Å²) in [6.45, 7) is -1.62. The van der Waals surface area contributed by atoms with Crippen molar-refractivity contribution >= 4 is 5.97 Å². The van der Waals surface area contributed by atoms with E-state index in [1.54, 1.807) is 6.08 Å². The van der Waals surface area contributed by atoms with Crippen LogP contribution < -0.4 is 0 Å². The normalized spacial score (nSPS) is 50.5. The van der Waals surface area contributed by atoms with Crippen LogP contribution in [-0.4, -0.2) is 242 Å². The SMILES string of the molecule is COC1CC(C2OC3CC(O)CC(O[C@@H]4O[C@H](CO)[C@@H](O)[C@H](O)[C@H]4O)C3CC2O[C@@H]2O[C@H](CO[C@@H]3OC[C@H](OC(=O)C=CC4CCC(O)CC4)[C@@H](O)[C@H]3O)[C@@H](O)[C@H](O)[C@H]2O)CC(OC)C1O. The molecule has 23 heteroatoms. The Morgan fingerprint density at radius 1 is 0.576 bits per heavy atom. The smallest absolute Gasteiger partial charge is 0.330 e. The highest BCUT2D eigenvalue weighted by Gasteiger charge is 2.55. The summed E-state index contributed by atoms with van der Waals surface area (Å²) in [5, 5.41) is 128. The zero-order valence-electron chi connectivity index (χ0n) is 37.0. The van der Waals surface area contributed by atoms with Crippen molar-refractivity contribution in [1.82, 2.24) is 0 Å². The summed E-state index contributed by atoms with van der Waals surface area (Å²) in [7, 11) is 2.90. The predicted octanol–water partition coefficient (Wildman–Crippen LogP) is -4.79. The number of carbonyl (C=O) groups is 1. The van der Waals surface area contributed by atoms with Crippen LogP contribution in [0.4, 0.5) is 0 Å². The zero-order chi connectivity index (χ0) is 47.6. The molecule has 66 heavy (non-hydrogen) atoms. The lowest BCUT2D eigenvalue weighted by Crippen LogP contribution is -2.64. The highest BCUT2D eigenvalue weighted by molar-refractivity contribution is 5.82. The third kappa shape index (κ3) is 11.8. The molecule has 23 nitrogen and oxygen atoms in total. The molecule has 0 bridgehead atoms. The number of allylic oxidation sites excluding steroid dienone is 1. The molecule has 7 aliphatic rings. The van der Waals surface area contributed by atoms with Gasteiger partial charge < -0.3 is 109 Å². The van der Waals surface area contributed by atoms with Gasteiger partial charge in [-0.1, -0.05) is 6.08 Å². The first-order valence-electron chi connectivity index (χ1n) is 23.1. The number of methoxy groups -OCH3 is 2. The number of hydrogen-bond acceptors (Lipinski definition) is 23. The van der Waals surface area contributed by atoms with Crippen molar-refractivity contribution in [3.8, 4) is 0 Å². The lowest BCUT2D eigenvalue weighted by Gasteiger charge is -2.53. The molecule has 7 fully saturated rings. The van der Waals surface area contributed by atoms with Gasteiger partial charge in [0.05, 0.1) is 68.7 Å². The van der Waals surface area contributed by atoms with Crippen LogP contribution in [0, 0.1) is 17.8 Å². The maximum atomic E-state index is 12.5. The van der Waals surface area contributed by atoms with Gasteiger partial charge >= 0.3 is 5.97 Å². The molecule has 0 aromatic rings. The summed E-state index contributed by atoms with van der Waals surface area (Å²) >= 11 is 0. The molecule has 0 aromatic carbocycles. The van der Waals surface area contributed by atoms with Crippen molar-refractivity contribution in [2.45, 2.75) is 199 Å². The van der Waals surface area contributed by atoms with Gasteiger partial charge in [0, 0.05) is 32.6 Å². The number of carbonyl (C=O) groups excluding carboxylic acids is 1. The first-order valence-corrected chi connectivity index (χ1v) is 23.1. The van der Waals surface area contributed by atoms with Gasteiger partial charge in [-0.15, -0.1) is 0 Å². The molecule has 0 radical (unpaired) electrons. The minimum atomic E-state index is -1.85. The van der Waals surface area contributed by atoms with Gasteiger partial charge in [0.25, 0.3) is 0 Å². The number of esters is 1. The maximum absolute atomic E-state index is 12.5. The van der Waals surface area contributed by atoms with E-state index in [1.807, 2.05) is 0 Å². The molecule has 4 saturated heterocycles. The summed E-state index contributed by atoms with van der Waals surface area (Å²) in [5.74, 6) is -1.69. The number of hydrogen-bond donors (Lipinski definition) is 12. The lowest BCUT2D eigenvalue weighted by atomic mass is 9.72. The van der Waals surface area contributed by atoms with Gasteiger partial charge in [0.1, 0.15) is 67.1 Å². The van der Waals surface area contributed by atoms with Crippen LogP contribution in [0.2, 0.25) is 0 Å². The number of aliphatic hydroxyl groups excluding tert-OH is 12. The van der Waals surface area contributed by atoms with E-state index in [2.05, 4.69) is 0 Å². The quantitative estimate of drug-likeness (QED) is 0.0574. The molecular formula is C43H70O23. The Morgan fingerprint density at radius 3 is 1.79 bits per heavy atom. The molecule has 3 saturated carbocycles. The van der Waals surface area contributed by atoms with Gasteiger partial charge in [-0.25, -0.2) is 4.79 Å². The van der Waals surface area contributed by atoms with Gasteiger partial charge in [-0.05, 0) is 63.2 Å². The summed E-state index contributed by atoms with van der Waals surface area (Å²) in [6, 6.07) is 0. The Morgan fingerprint density at radius 2 is 1.17 bits per heavy atom. The van der Waals surface area contributed by atoms with E-state index in [0.29, 0.717) is 25.7 Å². The number of fused-ring (bicyclic) bond motifs is 1. The molecule has 4 aliphatic heterocycles. The Balaban J connectivity index is 1.03. The Bertz CT molecular complexity index is 1540. The molecule has 12 N–H and O–H groups in total. The van der Waals surface area contributed by atoms with Crippen molar-refractivity contribution in [3.05, 3.63) is 12.2 Å². The molecule has 0 amide bonds. The molecule has 7 rings (SSSR count). The molecular weight excluding hydrogens is 884 g/mol. The fourth-order valence-corrected chi connectivity index (χ4v) is 10.6. The van der Waals surface area contributed by atoms with Crippen molar-refractivity contribution in [2.75, 3.05) is 34.0 Å². The van der Waals surface area contributed by atoms with Gasteiger partial charge in [-0.2, -0.15) is 0 Å². The van der Waals surface area contributed by atoms with Crippen molar-refractivity contribution in [2.24, 2.45) is 17.8 Å². The van der Waals surface area contributed by atoms with Crippen molar-refractivity contribution in [3.63, 3.8) is 0 Å². The Hall–Kier alpha value is -1.63. The minimum Gasteiger partial charge on any atom is -0.454 e. The van der Waals surface area contributed by atoms with Crippen LogP contribution in [0.3, 0.4) is 0 Å². The minimum absolute atomic E-state index is 0.0216. The van der Waals surface area contributed by atoms with Crippen LogP contribution in [0.1, 0.15) is 57.8 Å². The van der Waals surface area contributed by atoms with Crippen LogP contribution in [0.25, 0.3) is 0 Å². The average molecular weight is 955 g/mol. The molecule has 0 aromatic heterocycles. The first kappa shape index (κ1) is 52.2. The van der Waals surface area contributed by atoms with E-state index in [9.17, 15) is 66.1 Å². The second-order valence-corrected chi connectivity index (χ2v) is 18.9. The molecule has 4 heterocycles. The van der Waals surface area contributed by atoms with Gasteiger partial charge in [-0.3, -0.25) is 0 Å². The molecule has 22 atom stereocenters. The summed E-state index contributed by atoms with van der Waals surface area (Å²) in [4.78, 5) is 12.5. The van der Waals surface area contributed by atoms with Crippen molar-refractivity contribution < 1.29 is 113 Å². The molecule has 0 spiro atoms. The standard InChI is InChI=1S/C43H70O23/c1-57-24-9-18(10-25(58-2)31(24)48)40-26(13-21-22(62-40)11-20(46)12-23(21)63-42-38(55)35(52)32(49)27(14-44)65-42)64-43-39(56)36(53)33(50)29(66-43)16-60-41-37(54)34(51)28(15-59-41)61-30(47)8-5-17-3-6-19(45)7-4-17/h5,8,17-29,31-46,48-56H,3-4,6-7,9-16H2,1-2H3/t17?,18?,19?,20?,21?,22?,23?,24?,25?,26?,27-,28+,29-,31?,32-,33-,34-,35+,36+,37-,38-,39-,40?,41+,42-,43-/m1/s1. The molecule has 3 aliphatic carbocycles. The fourth-order valence-electron chi connectivity index (χ4n) is 10.6. The zero-order valence-corrected chi connectivity index (χ0v) is 37.0. The Labute approximate surface area is 381 Å². The van der Waals surface area contributed by atoms with Crippen LogP contribution in [0.15, 0.2) is 12.2 Å². The Kier molecular flexibility index (Phi) is 18.2. The summed E-state index contributed by atoms with van der Waals surface area (Å²) in [5.41, 5.74) is 0. The summed E-state index contributed by atoms with van der Waals surface area (Å²) < 4.78 is 59.0. The van der Waals surface area contributed by atoms with Crippen LogP contribution in [-0.2, 0) is 52.2 Å². The number of ether oxygens (including phenoxy) is 10. The van der Waals surface area contributed by atoms with Gasteiger partial charge in [0.2, 0.25) is 0 Å². The van der Waals surface area contributed by atoms with E-state index in [-0.39, 0.29) is 50.7 Å². The van der Waals surface area contributed by atoms with Crippen LogP contribution >= 0.6 is 0 Å². The monoisotopic (exact) mass is 954 g/mol. The third-order valence-electron chi connectivity index (χ3n) is 14.6. The van der Waals surface area contributed by atoms with Gasteiger partial charge in [0.15, 0.2) is 25.0 Å². The van der Waals surface area contributed by atoms with E-state index in [0.717, 1.165) is 0 Å². The lowest BCUT2D eigenvalue weighted by molar-refractivity contribution is -0.350. The van der Waals surface area contributed by atoms with Crippen molar-refractivity contribution in [1.29, 1.82) is 0 Å². The predicted molar refractivity (Wildman–Crippen MR) is 217 cm³/mol. The van der Waals surface area contributed by atoms with Crippen LogP contribution in [0.5, 0.6) is 0 Å². The maximum Gasteiger partial charge on any atom is 0.330 e. The molecule has 380 valence electrons. The second kappa shape index (κ2) is 23.1. The highest BCUT2D eigenvalue weighted by Crippen LogP contribution is 2.45. The third-order valence-corrected chi connectivity index (χ3v) is 14.6. The van der Waals surface area contributed by atoms with E-state index < -0.39 is 166 Å². The van der Waals surface area contributed by atoms with E-state index in [4.69, 9.17) is 47.4 Å². The number of rotatable bonds is 14. The largest absolute Gasteiger partial charge is 0.454 e. The number of aliphatic hydroxyl groups is 12. The topological polar surface area (TPSA) is 352 Å². The van der Waals surface area contributed by atoms with E-state index >= 15 is 0 Å². The average Bonchev–Trinajstić information content (AvgIpc) is 3.30. The fraction of sp³-hybridized carbons (Fsp3) is 0.930. The first-order chi connectivity index (χ1) is 31.5. The highest BCUT2D eigenvalue weighted by atomic mass is 16.7. The second-order valence-electron chi connectivity index (χ2n) is 18.9. The molecule has 8 unspecified atom stereocenters. The van der Waals surface area contributed by atoms with E-state index in [1.165, 1.54) is 20.3 Å².